The summed E-state index contributed by atoms with van der Waals surface area (Å²) in [5.74, 6) is 0.0878. The van der Waals surface area contributed by atoms with Gasteiger partial charge in [-0.3, -0.25) is 4.79 Å². The summed E-state index contributed by atoms with van der Waals surface area (Å²) in [4.78, 5) is 25.9. The van der Waals surface area contributed by atoms with Crippen molar-refractivity contribution < 1.29 is 4.79 Å². The Labute approximate surface area is 177 Å². The molecule has 0 saturated carbocycles. The van der Waals surface area contributed by atoms with E-state index in [0.717, 1.165) is 28.2 Å². The first-order valence-electron chi connectivity index (χ1n) is 9.02. The smallest absolute Gasteiger partial charge is 0.236 e. The minimum absolute atomic E-state index is 0.126. The highest BCUT2D eigenvalue weighted by Crippen LogP contribution is 2.27. The number of carbonyl (C=O) groups excluding carboxylic acids is 1. The number of rotatable bonds is 6. The lowest BCUT2D eigenvalue weighted by Gasteiger charge is -2.08. The summed E-state index contributed by atoms with van der Waals surface area (Å²) < 4.78 is 0. The van der Waals surface area contributed by atoms with Gasteiger partial charge in [0.15, 0.2) is 10.3 Å². The van der Waals surface area contributed by atoms with Crippen molar-refractivity contribution in [3.63, 3.8) is 0 Å². The molecule has 0 aliphatic carbocycles. The van der Waals surface area contributed by atoms with Crippen LogP contribution in [0.3, 0.4) is 0 Å². The average molecular weight is 419 g/mol. The molecule has 0 unspecified atom stereocenters. The Morgan fingerprint density at radius 1 is 0.931 bits per heavy atom. The van der Waals surface area contributed by atoms with Crippen molar-refractivity contribution in [3.05, 3.63) is 77.8 Å². The second kappa shape index (κ2) is 8.98. The van der Waals surface area contributed by atoms with Gasteiger partial charge in [0, 0.05) is 16.5 Å². The van der Waals surface area contributed by atoms with E-state index >= 15 is 0 Å². The third-order valence-electron chi connectivity index (χ3n) is 4.04. The number of aryl methyl sites for hydroxylation is 1. The maximum Gasteiger partial charge on any atom is 0.236 e. The molecule has 0 aliphatic heterocycles. The SMILES string of the molecule is Cc1csc(NC(=O)CSc2nc(-c3ccccc3)cc(-c3ccccc3)n2)n1. The third-order valence-corrected chi connectivity index (χ3v) is 5.77. The average Bonchev–Trinajstić information content (AvgIpc) is 3.18. The molecule has 5 nitrogen and oxygen atoms in total. The molecular formula is C22H18N4OS2. The molecule has 0 aliphatic rings. The van der Waals surface area contributed by atoms with Gasteiger partial charge in [0.1, 0.15) is 0 Å². The normalized spacial score (nSPS) is 10.7. The molecule has 1 amide bonds. The van der Waals surface area contributed by atoms with Crippen LogP contribution in [-0.2, 0) is 4.79 Å². The summed E-state index contributed by atoms with van der Waals surface area (Å²) >= 11 is 2.73. The predicted octanol–water partition coefficient (Wildman–Crippen LogP) is 5.31. The zero-order valence-corrected chi connectivity index (χ0v) is 17.3. The van der Waals surface area contributed by atoms with Gasteiger partial charge in [-0.05, 0) is 13.0 Å². The predicted molar refractivity (Wildman–Crippen MR) is 119 cm³/mol. The highest BCUT2D eigenvalue weighted by atomic mass is 32.2. The summed E-state index contributed by atoms with van der Waals surface area (Å²) in [6, 6.07) is 21.9. The number of hydrogen-bond donors (Lipinski definition) is 1. The Hall–Kier alpha value is -3.03. The number of carbonyl (C=O) groups is 1. The first-order chi connectivity index (χ1) is 14.2. The van der Waals surface area contributed by atoms with Crippen LogP contribution in [0.1, 0.15) is 5.69 Å². The summed E-state index contributed by atoms with van der Waals surface area (Å²) in [5, 5.41) is 5.90. The van der Waals surface area contributed by atoms with Crippen LogP contribution < -0.4 is 5.32 Å². The lowest BCUT2D eigenvalue weighted by molar-refractivity contribution is -0.113. The molecule has 7 heteroatoms. The Balaban J connectivity index is 1.57. The number of aromatic nitrogens is 3. The Bertz CT molecular complexity index is 1060. The van der Waals surface area contributed by atoms with E-state index in [1.54, 1.807) is 0 Å². The molecular weight excluding hydrogens is 400 g/mol. The number of nitrogens with one attached hydrogen (secondary N) is 1. The van der Waals surface area contributed by atoms with E-state index in [1.165, 1.54) is 23.1 Å². The van der Waals surface area contributed by atoms with Crippen molar-refractivity contribution in [1.29, 1.82) is 0 Å². The first kappa shape index (κ1) is 19.3. The second-order valence-corrected chi connectivity index (χ2v) is 8.08. The number of thioether (sulfide) groups is 1. The van der Waals surface area contributed by atoms with Crippen molar-refractivity contribution in [1.82, 2.24) is 15.0 Å². The van der Waals surface area contributed by atoms with E-state index in [-0.39, 0.29) is 11.7 Å². The van der Waals surface area contributed by atoms with Gasteiger partial charge in [0.05, 0.1) is 22.8 Å². The van der Waals surface area contributed by atoms with Crippen LogP contribution in [0.4, 0.5) is 5.13 Å². The molecule has 2 heterocycles. The molecule has 144 valence electrons. The molecule has 0 saturated heterocycles. The molecule has 0 bridgehead atoms. The van der Waals surface area contributed by atoms with Crippen molar-refractivity contribution >= 4 is 34.1 Å². The highest BCUT2D eigenvalue weighted by Gasteiger charge is 2.12. The molecule has 1 N–H and O–H groups in total. The Kier molecular flexibility index (Phi) is 5.97. The van der Waals surface area contributed by atoms with Crippen LogP contribution >= 0.6 is 23.1 Å². The number of nitrogens with zero attached hydrogens (tertiary/aromatic N) is 3. The zero-order valence-electron chi connectivity index (χ0n) is 15.7. The van der Waals surface area contributed by atoms with Crippen LogP contribution in [0.5, 0.6) is 0 Å². The summed E-state index contributed by atoms with van der Waals surface area (Å²) in [6.45, 7) is 1.90. The van der Waals surface area contributed by atoms with Crippen molar-refractivity contribution in [2.24, 2.45) is 0 Å². The van der Waals surface area contributed by atoms with Gasteiger partial charge in [-0.2, -0.15) is 0 Å². The number of anilines is 1. The molecule has 0 radical (unpaired) electrons. The van der Waals surface area contributed by atoms with E-state index in [9.17, 15) is 4.79 Å². The van der Waals surface area contributed by atoms with E-state index < -0.39 is 0 Å². The third kappa shape index (κ3) is 5.07. The largest absolute Gasteiger partial charge is 0.301 e. The van der Waals surface area contributed by atoms with Crippen LogP contribution in [0.2, 0.25) is 0 Å². The maximum atomic E-state index is 12.3. The maximum absolute atomic E-state index is 12.3. The van der Waals surface area contributed by atoms with Crippen LogP contribution in [-0.4, -0.2) is 26.6 Å². The fourth-order valence-corrected chi connectivity index (χ4v) is 4.06. The van der Waals surface area contributed by atoms with E-state index in [2.05, 4.69) is 20.3 Å². The van der Waals surface area contributed by atoms with Crippen molar-refractivity contribution in [3.8, 4) is 22.5 Å². The van der Waals surface area contributed by atoms with E-state index in [0.29, 0.717) is 10.3 Å². The van der Waals surface area contributed by atoms with Gasteiger partial charge in [-0.1, -0.05) is 72.4 Å². The van der Waals surface area contributed by atoms with Crippen LogP contribution in [0, 0.1) is 6.92 Å². The molecule has 2 aromatic heterocycles. The minimum Gasteiger partial charge on any atom is -0.301 e. The van der Waals surface area contributed by atoms with Crippen LogP contribution in [0.15, 0.2) is 77.3 Å². The first-order valence-corrected chi connectivity index (χ1v) is 10.9. The van der Waals surface area contributed by atoms with Crippen molar-refractivity contribution in [2.75, 3.05) is 11.1 Å². The lowest BCUT2D eigenvalue weighted by atomic mass is 10.1. The molecule has 4 aromatic rings. The van der Waals surface area contributed by atoms with Gasteiger partial charge < -0.3 is 5.32 Å². The number of hydrogen-bond acceptors (Lipinski definition) is 6. The molecule has 2 aromatic carbocycles. The number of benzene rings is 2. The molecule has 0 atom stereocenters. The summed E-state index contributed by atoms with van der Waals surface area (Å²) in [6.07, 6.45) is 0. The van der Waals surface area contributed by atoms with Gasteiger partial charge >= 0.3 is 0 Å². The summed E-state index contributed by atoms with van der Waals surface area (Å²) in [5.41, 5.74) is 4.58. The van der Waals surface area contributed by atoms with Gasteiger partial charge in [0.25, 0.3) is 0 Å². The number of thiazole rings is 1. The monoisotopic (exact) mass is 418 g/mol. The molecule has 29 heavy (non-hydrogen) atoms. The Morgan fingerprint density at radius 2 is 1.52 bits per heavy atom. The Morgan fingerprint density at radius 3 is 2.03 bits per heavy atom. The van der Waals surface area contributed by atoms with Crippen LogP contribution in [0.25, 0.3) is 22.5 Å². The fraction of sp³-hybridized carbons (Fsp3) is 0.0909. The van der Waals surface area contributed by atoms with Gasteiger partial charge in [-0.25, -0.2) is 15.0 Å². The highest BCUT2D eigenvalue weighted by molar-refractivity contribution is 7.99. The van der Waals surface area contributed by atoms with Gasteiger partial charge in [-0.15, -0.1) is 11.3 Å². The molecule has 4 rings (SSSR count). The van der Waals surface area contributed by atoms with Crippen molar-refractivity contribution in [2.45, 2.75) is 12.1 Å². The standard InChI is InChI=1S/C22H18N4OS2/c1-15-13-28-21(23-15)26-20(27)14-29-22-24-18(16-8-4-2-5-9-16)12-19(25-22)17-10-6-3-7-11-17/h2-13H,14H2,1H3,(H,23,26,27). The van der Waals surface area contributed by atoms with E-state index in [1.807, 2.05) is 79.0 Å². The zero-order chi connectivity index (χ0) is 20.1. The quantitative estimate of drug-likeness (QED) is 0.340. The summed E-state index contributed by atoms with van der Waals surface area (Å²) in [7, 11) is 0. The van der Waals surface area contributed by atoms with Gasteiger partial charge in [0.2, 0.25) is 5.91 Å². The molecule has 0 fully saturated rings. The minimum atomic E-state index is -0.126. The topological polar surface area (TPSA) is 67.8 Å². The number of amides is 1. The molecule has 0 spiro atoms. The fourth-order valence-electron chi connectivity index (χ4n) is 2.70. The second-order valence-electron chi connectivity index (χ2n) is 6.28. The lowest BCUT2D eigenvalue weighted by Crippen LogP contribution is -2.14. The van der Waals surface area contributed by atoms with E-state index in [4.69, 9.17) is 0 Å².